The molecule has 0 bridgehead atoms. The minimum absolute atomic E-state index is 0.296. The van der Waals surface area contributed by atoms with Crippen LogP contribution in [0.2, 0.25) is 0 Å². The molecule has 1 fully saturated rings. The van der Waals surface area contributed by atoms with Crippen LogP contribution in [0.15, 0.2) is 42.6 Å². The highest BCUT2D eigenvalue weighted by molar-refractivity contribution is 7.54. The van der Waals surface area contributed by atoms with E-state index in [-0.39, 0.29) is 0 Å². The highest BCUT2D eigenvalue weighted by Gasteiger charge is 2.39. The molecule has 1 saturated carbocycles. The fourth-order valence-electron chi connectivity index (χ4n) is 2.63. The Bertz CT molecular complexity index is 727. The second-order valence-electron chi connectivity index (χ2n) is 5.90. The molecule has 1 unspecified atom stereocenters. The molecule has 0 aliphatic heterocycles. The molecule has 0 saturated heterocycles. The van der Waals surface area contributed by atoms with E-state index in [9.17, 15) is 4.57 Å². The number of aromatic nitrogens is 2. The predicted octanol–water partition coefficient (Wildman–Crippen LogP) is 4.73. The molecule has 1 N–H and O–H groups in total. The van der Waals surface area contributed by atoms with Crippen LogP contribution in [-0.2, 0) is 13.6 Å². The lowest BCUT2D eigenvalue weighted by Crippen LogP contribution is -2.17. The van der Waals surface area contributed by atoms with Crippen LogP contribution in [0.25, 0.3) is 0 Å². The molecule has 0 spiro atoms. The second kappa shape index (κ2) is 8.09. The minimum atomic E-state index is -3.45. The topological polar surface area (TPSA) is 73.3 Å². The van der Waals surface area contributed by atoms with Crippen LogP contribution in [0.3, 0.4) is 0 Å². The predicted molar refractivity (Wildman–Crippen MR) is 97.7 cm³/mol. The van der Waals surface area contributed by atoms with Crippen molar-refractivity contribution in [2.24, 2.45) is 0 Å². The number of nitrogens with one attached hydrogen (secondary N) is 1. The van der Waals surface area contributed by atoms with Crippen molar-refractivity contribution in [1.29, 1.82) is 0 Å². The molecule has 7 heteroatoms. The van der Waals surface area contributed by atoms with Gasteiger partial charge >= 0.3 is 7.60 Å². The van der Waals surface area contributed by atoms with Crippen molar-refractivity contribution in [1.82, 2.24) is 9.97 Å². The Morgan fingerprint density at radius 3 is 2.44 bits per heavy atom. The van der Waals surface area contributed by atoms with E-state index in [0.29, 0.717) is 24.8 Å². The van der Waals surface area contributed by atoms with Gasteiger partial charge in [0.15, 0.2) is 5.78 Å². The normalized spacial score (nSPS) is 15.8. The molecule has 1 heterocycles. The molecule has 1 aromatic heterocycles. The third-order valence-electron chi connectivity index (χ3n) is 3.93. The van der Waals surface area contributed by atoms with Crippen molar-refractivity contribution < 1.29 is 13.6 Å². The Kier molecular flexibility index (Phi) is 5.84. The van der Waals surface area contributed by atoms with E-state index < -0.39 is 13.4 Å². The number of benzene rings is 1. The summed E-state index contributed by atoms with van der Waals surface area (Å²) in [6.45, 7) is 4.21. The average molecular weight is 361 g/mol. The first-order valence-electron chi connectivity index (χ1n) is 8.69. The molecule has 1 aromatic carbocycles. The van der Waals surface area contributed by atoms with Crippen molar-refractivity contribution in [3.63, 3.8) is 0 Å². The van der Waals surface area contributed by atoms with Gasteiger partial charge in [-0.2, -0.15) is 0 Å². The van der Waals surface area contributed by atoms with Crippen LogP contribution in [0, 0.1) is 0 Å². The Hall–Kier alpha value is -1.75. The quantitative estimate of drug-likeness (QED) is 0.651. The maximum absolute atomic E-state index is 13.4. The van der Waals surface area contributed by atoms with E-state index >= 15 is 0 Å². The number of hydrogen-bond acceptors (Lipinski definition) is 6. The molecule has 2 aromatic rings. The fraction of sp³-hybridized carbons (Fsp3) is 0.444. The van der Waals surface area contributed by atoms with Gasteiger partial charge in [0.1, 0.15) is 5.82 Å². The molecule has 1 atom stereocenters. The van der Waals surface area contributed by atoms with Crippen LogP contribution >= 0.6 is 7.60 Å². The molecule has 3 rings (SSSR count). The van der Waals surface area contributed by atoms with E-state index in [1.54, 1.807) is 26.1 Å². The van der Waals surface area contributed by atoms with Gasteiger partial charge in [-0.25, -0.2) is 9.97 Å². The zero-order valence-electron chi connectivity index (χ0n) is 14.6. The first kappa shape index (κ1) is 18.1. The van der Waals surface area contributed by atoms with Gasteiger partial charge in [0, 0.05) is 17.8 Å². The average Bonchev–Trinajstić information content (AvgIpc) is 3.46. The van der Waals surface area contributed by atoms with Gasteiger partial charge in [-0.15, -0.1) is 0 Å². The zero-order valence-corrected chi connectivity index (χ0v) is 15.5. The van der Waals surface area contributed by atoms with Crippen LogP contribution in [-0.4, -0.2) is 23.2 Å². The third kappa shape index (κ3) is 4.46. The Morgan fingerprint density at radius 2 is 1.84 bits per heavy atom. The molecular formula is C18H24N3O3P. The van der Waals surface area contributed by atoms with Gasteiger partial charge < -0.3 is 14.4 Å². The van der Waals surface area contributed by atoms with E-state index in [1.165, 1.54) is 0 Å². The van der Waals surface area contributed by atoms with Crippen LogP contribution in [0.5, 0.6) is 0 Å². The van der Waals surface area contributed by atoms with E-state index in [4.69, 9.17) is 9.05 Å². The maximum Gasteiger partial charge on any atom is 0.358 e. The van der Waals surface area contributed by atoms with E-state index in [2.05, 4.69) is 15.3 Å². The lowest BCUT2D eigenvalue weighted by atomic mass is 10.3. The second-order valence-corrected chi connectivity index (χ2v) is 8.01. The number of nitrogens with zero attached hydrogens (tertiary/aromatic N) is 2. The lowest BCUT2D eigenvalue weighted by Gasteiger charge is -2.27. The summed E-state index contributed by atoms with van der Waals surface area (Å²) >= 11 is 0. The first-order valence-corrected chi connectivity index (χ1v) is 10.3. The molecule has 0 amide bonds. The van der Waals surface area contributed by atoms with Gasteiger partial charge in [0.05, 0.1) is 18.9 Å². The summed E-state index contributed by atoms with van der Waals surface area (Å²) in [4.78, 5) is 9.01. The number of rotatable bonds is 9. The first-order chi connectivity index (χ1) is 12.2. The van der Waals surface area contributed by atoms with Gasteiger partial charge in [0.25, 0.3) is 0 Å². The molecule has 6 nitrogen and oxygen atoms in total. The summed E-state index contributed by atoms with van der Waals surface area (Å²) in [6.07, 6.45) is 3.93. The minimum Gasteiger partial charge on any atom is -0.367 e. The molecular weight excluding hydrogens is 337 g/mol. The van der Waals surface area contributed by atoms with E-state index in [0.717, 1.165) is 24.4 Å². The Morgan fingerprint density at radius 1 is 1.16 bits per heavy atom. The SMILES string of the molecule is CCOP(=O)(OCC)C(Nc1ccccc1)c1ccnc(C2CC2)n1. The number of para-hydroxylation sites is 1. The molecule has 1 aliphatic rings. The highest BCUT2D eigenvalue weighted by atomic mass is 31.2. The van der Waals surface area contributed by atoms with Gasteiger partial charge in [-0.3, -0.25) is 4.57 Å². The van der Waals surface area contributed by atoms with Gasteiger partial charge in [0.2, 0.25) is 0 Å². The van der Waals surface area contributed by atoms with Crippen molar-refractivity contribution >= 4 is 13.3 Å². The van der Waals surface area contributed by atoms with E-state index in [1.807, 2.05) is 30.3 Å². The monoisotopic (exact) mass is 361 g/mol. The standard InChI is InChI=1S/C18H24N3O3P/c1-3-23-25(22,24-4-2)18(20-15-8-6-5-7-9-15)16-12-13-19-17(21-16)14-10-11-14/h5-9,12-14,18,20H,3-4,10-11H2,1-2H3. The molecule has 25 heavy (non-hydrogen) atoms. The van der Waals surface area contributed by atoms with Gasteiger partial charge in [-0.1, -0.05) is 18.2 Å². The van der Waals surface area contributed by atoms with Crippen LogP contribution in [0.1, 0.15) is 49.9 Å². The highest BCUT2D eigenvalue weighted by Crippen LogP contribution is 2.60. The Balaban J connectivity index is 1.98. The van der Waals surface area contributed by atoms with Crippen molar-refractivity contribution in [3.8, 4) is 0 Å². The molecule has 134 valence electrons. The smallest absolute Gasteiger partial charge is 0.358 e. The molecule has 1 aliphatic carbocycles. The largest absolute Gasteiger partial charge is 0.367 e. The summed E-state index contributed by atoms with van der Waals surface area (Å²) in [5, 5.41) is 3.29. The lowest BCUT2D eigenvalue weighted by molar-refractivity contribution is 0.213. The fourth-order valence-corrected chi connectivity index (χ4v) is 4.50. The summed E-state index contributed by atoms with van der Waals surface area (Å²) < 4.78 is 24.6. The van der Waals surface area contributed by atoms with Crippen molar-refractivity contribution in [2.45, 2.75) is 38.4 Å². The van der Waals surface area contributed by atoms with Crippen molar-refractivity contribution in [2.75, 3.05) is 18.5 Å². The third-order valence-corrected chi connectivity index (χ3v) is 6.19. The number of anilines is 1. The van der Waals surface area contributed by atoms with Crippen molar-refractivity contribution in [3.05, 3.63) is 54.1 Å². The summed E-state index contributed by atoms with van der Waals surface area (Å²) in [7, 11) is -3.45. The Labute approximate surface area is 148 Å². The van der Waals surface area contributed by atoms with Gasteiger partial charge in [-0.05, 0) is 44.9 Å². The summed E-state index contributed by atoms with van der Waals surface area (Å²) in [5.41, 5.74) is 1.46. The van der Waals surface area contributed by atoms with Crippen LogP contribution in [0.4, 0.5) is 5.69 Å². The van der Waals surface area contributed by atoms with Crippen LogP contribution < -0.4 is 5.32 Å². The summed E-state index contributed by atoms with van der Waals surface area (Å²) in [5.74, 6) is 0.531. The molecule has 0 radical (unpaired) electrons. The summed E-state index contributed by atoms with van der Waals surface area (Å²) in [6, 6.07) is 11.4. The number of hydrogen-bond donors (Lipinski definition) is 1. The maximum atomic E-state index is 13.4. The zero-order chi connectivity index (χ0) is 17.7.